The third kappa shape index (κ3) is 2.96. The van der Waals surface area contributed by atoms with E-state index in [1.807, 2.05) is 0 Å². The summed E-state index contributed by atoms with van der Waals surface area (Å²) in [5.41, 5.74) is 1.01. The molecular weight excluding hydrogens is 260 g/mol. The number of carbonyl (C=O) groups excluding carboxylic acids is 1. The van der Waals surface area contributed by atoms with Gasteiger partial charge in [0, 0.05) is 36.9 Å². The van der Waals surface area contributed by atoms with Crippen LogP contribution in [0.4, 0.5) is 5.69 Å². The van der Waals surface area contributed by atoms with Crippen molar-refractivity contribution in [2.45, 2.75) is 19.8 Å². The van der Waals surface area contributed by atoms with Gasteiger partial charge in [0.15, 0.2) is 0 Å². The predicted octanol–water partition coefficient (Wildman–Crippen LogP) is 1.75. The second-order valence-electron chi connectivity index (χ2n) is 5.18. The monoisotopic (exact) mass is 278 g/mol. The quantitative estimate of drug-likeness (QED) is 0.671. The maximum atomic E-state index is 12.3. The van der Waals surface area contributed by atoms with Crippen LogP contribution in [-0.2, 0) is 0 Å². The molecule has 0 aliphatic carbocycles. The first-order valence-electron chi connectivity index (χ1n) is 6.68. The fourth-order valence-electron chi connectivity index (χ4n) is 2.61. The molecule has 1 aliphatic heterocycles. The Morgan fingerprint density at radius 1 is 1.55 bits per heavy atom. The van der Waals surface area contributed by atoms with Crippen LogP contribution in [0.5, 0.6) is 0 Å². The average molecular weight is 278 g/mol. The van der Waals surface area contributed by atoms with Crippen molar-refractivity contribution in [3.8, 4) is 0 Å². The van der Waals surface area contributed by atoms with E-state index in [2.05, 4.69) is 0 Å². The fourth-order valence-corrected chi connectivity index (χ4v) is 2.61. The number of aryl methyl sites for hydroxylation is 1. The highest BCUT2D eigenvalue weighted by Crippen LogP contribution is 2.23. The summed E-state index contributed by atoms with van der Waals surface area (Å²) in [6, 6.07) is 4.45. The minimum absolute atomic E-state index is 0.0288. The van der Waals surface area contributed by atoms with E-state index < -0.39 is 4.92 Å². The molecule has 20 heavy (non-hydrogen) atoms. The lowest BCUT2D eigenvalue weighted by atomic mass is 10.1. The molecule has 6 nitrogen and oxygen atoms in total. The lowest BCUT2D eigenvalue weighted by molar-refractivity contribution is -0.385. The summed E-state index contributed by atoms with van der Waals surface area (Å²) in [6.07, 6.45) is 1.61. The zero-order chi connectivity index (χ0) is 14.7. The van der Waals surface area contributed by atoms with Gasteiger partial charge in [-0.15, -0.1) is 0 Å². The van der Waals surface area contributed by atoms with Crippen LogP contribution in [0.1, 0.15) is 28.8 Å². The minimum atomic E-state index is -0.448. The Kier molecular flexibility index (Phi) is 4.34. The van der Waals surface area contributed by atoms with Crippen molar-refractivity contribution in [1.82, 2.24) is 4.90 Å². The van der Waals surface area contributed by atoms with Crippen molar-refractivity contribution in [3.63, 3.8) is 0 Å². The normalized spacial score (nSPS) is 18.3. The first kappa shape index (κ1) is 14.5. The number of hydrogen-bond donors (Lipinski definition) is 1. The Labute approximate surface area is 117 Å². The molecule has 1 atom stereocenters. The lowest BCUT2D eigenvalue weighted by Crippen LogP contribution is -2.28. The summed E-state index contributed by atoms with van der Waals surface area (Å²) in [4.78, 5) is 24.4. The number of nitrogens with zero attached hydrogens (tertiary/aromatic N) is 2. The Balaban J connectivity index is 2.10. The lowest BCUT2D eigenvalue weighted by Gasteiger charge is -2.16. The number of likely N-dealkylation sites (tertiary alicyclic amines) is 1. The molecular formula is C14H18N2O4. The largest absolute Gasteiger partial charge is 0.396 e. The van der Waals surface area contributed by atoms with Crippen molar-refractivity contribution in [2.24, 2.45) is 5.92 Å². The molecule has 0 bridgehead atoms. The summed E-state index contributed by atoms with van der Waals surface area (Å²) in [5.74, 6) is 0.256. The van der Waals surface area contributed by atoms with Crippen LogP contribution in [0.3, 0.4) is 0 Å². The first-order chi connectivity index (χ1) is 9.52. The Morgan fingerprint density at radius 3 is 2.90 bits per heavy atom. The highest BCUT2D eigenvalue weighted by atomic mass is 16.6. The van der Waals surface area contributed by atoms with E-state index in [1.54, 1.807) is 17.9 Å². The van der Waals surface area contributed by atoms with Crippen LogP contribution < -0.4 is 0 Å². The standard InChI is InChI=1S/C14H18N2O4/c1-10-8-12(2-3-13(10)16(19)20)14(18)15-6-4-11(9-15)5-7-17/h2-3,8,11,17H,4-7,9H2,1H3. The highest BCUT2D eigenvalue weighted by molar-refractivity contribution is 5.94. The minimum Gasteiger partial charge on any atom is -0.396 e. The summed E-state index contributed by atoms with van der Waals surface area (Å²) in [5, 5.41) is 19.7. The third-order valence-corrected chi connectivity index (χ3v) is 3.75. The van der Waals surface area contributed by atoms with Gasteiger partial charge in [-0.2, -0.15) is 0 Å². The molecule has 1 unspecified atom stereocenters. The van der Waals surface area contributed by atoms with Gasteiger partial charge in [0.05, 0.1) is 4.92 Å². The van der Waals surface area contributed by atoms with Gasteiger partial charge in [0.2, 0.25) is 0 Å². The molecule has 1 saturated heterocycles. The molecule has 1 aromatic rings. The van der Waals surface area contributed by atoms with E-state index in [4.69, 9.17) is 5.11 Å². The zero-order valence-electron chi connectivity index (χ0n) is 11.4. The molecule has 0 saturated carbocycles. The number of nitro groups is 1. The number of aliphatic hydroxyl groups excluding tert-OH is 1. The van der Waals surface area contributed by atoms with Gasteiger partial charge in [-0.1, -0.05) is 0 Å². The smallest absolute Gasteiger partial charge is 0.272 e. The van der Waals surface area contributed by atoms with Crippen molar-refractivity contribution in [1.29, 1.82) is 0 Å². The van der Waals surface area contributed by atoms with Crippen LogP contribution in [0.2, 0.25) is 0 Å². The van der Waals surface area contributed by atoms with E-state index >= 15 is 0 Å². The number of nitro benzene ring substituents is 1. The zero-order valence-corrected chi connectivity index (χ0v) is 11.4. The van der Waals surface area contributed by atoms with Crippen molar-refractivity contribution >= 4 is 11.6 Å². The van der Waals surface area contributed by atoms with Crippen LogP contribution in [0.15, 0.2) is 18.2 Å². The number of amides is 1. The van der Waals surface area contributed by atoms with Gasteiger partial charge in [-0.3, -0.25) is 14.9 Å². The first-order valence-corrected chi connectivity index (χ1v) is 6.68. The number of benzene rings is 1. The molecule has 2 rings (SSSR count). The molecule has 1 heterocycles. The number of hydrogen-bond acceptors (Lipinski definition) is 4. The van der Waals surface area contributed by atoms with Gasteiger partial charge in [0.1, 0.15) is 0 Å². The fraction of sp³-hybridized carbons (Fsp3) is 0.500. The van der Waals surface area contributed by atoms with Crippen molar-refractivity contribution in [2.75, 3.05) is 19.7 Å². The maximum absolute atomic E-state index is 12.3. The highest BCUT2D eigenvalue weighted by Gasteiger charge is 2.27. The molecule has 1 fully saturated rings. The van der Waals surface area contributed by atoms with Gasteiger partial charge >= 0.3 is 0 Å². The van der Waals surface area contributed by atoms with Gasteiger partial charge in [-0.25, -0.2) is 0 Å². The predicted molar refractivity (Wildman–Crippen MR) is 73.5 cm³/mol. The summed E-state index contributed by atoms with van der Waals surface area (Å²) in [7, 11) is 0. The van der Waals surface area contributed by atoms with Gasteiger partial charge in [0.25, 0.3) is 11.6 Å². The van der Waals surface area contributed by atoms with Crippen molar-refractivity contribution in [3.05, 3.63) is 39.4 Å². The molecule has 0 spiro atoms. The number of aliphatic hydroxyl groups is 1. The third-order valence-electron chi connectivity index (χ3n) is 3.75. The molecule has 1 aliphatic rings. The van der Waals surface area contributed by atoms with Crippen molar-refractivity contribution < 1.29 is 14.8 Å². The van der Waals surface area contributed by atoms with E-state index in [-0.39, 0.29) is 18.2 Å². The molecule has 0 radical (unpaired) electrons. The summed E-state index contributed by atoms with van der Waals surface area (Å²) >= 11 is 0. The second kappa shape index (κ2) is 6.00. The second-order valence-corrected chi connectivity index (χ2v) is 5.18. The van der Waals surface area contributed by atoms with E-state index in [0.29, 0.717) is 36.6 Å². The van der Waals surface area contributed by atoms with Gasteiger partial charge in [-0.05, 0) is 37.8 Å². The van der Waals surface area contributed by atoms with Gasteiger partial charge < -0.3 is 10.0 Å². The van der Waals surface area contributed by atoms with Crippen LogP contribution in [0.25, 0.3) is 0 Å². The molecule has 6 heteroatoms. The number of rotatable bonds is 4. The van der Waals surface area contributed by atoms with E-state index in [9.17, 15) is 14.9 Å². The molecule has 1 aromatic carbocycles. The van der Waals surface area contributed by atoms with Crippen LogP contribution >= 0.6 is 0 Å². The van der Waals surface area contributed by atoms with Crippen LogP contribution in [0, 0.1) is 23.0 Å². The Bertz CT molecular complexity index is 530. The Morgan fingerprint density at radius 2 is 2.30 bits per heavy atom. The molecule has 1 amide bonds. The van der Waals surface area contributed by atoms with E-state index in [0.717, 1.165) is 6.42 Å². The van der Waals surface area contributed by atoms with Crippen LogP contribution in [-0.4, -0.2) is 40.5 Å². The molecule has 1 N–H and O–H groups in total. The number of carbonyl (C=O) groups is 1. The molecule has 108 valence electrons. The summed E-state index contributed by atoms with van der Waals surface area (Å²) < 4.78 is 0. The van der Waals surface area contributed by atoms with E-state index in [1.165, 1.54) is 12.1 Å². The average Bonchev–Trinajstić information content (AvgIpc) is 2.86. The topological polar surface area (TPSA) is 83.7 Å². The summed E-state index contributed by atoms with van der Waals surface area (Å²) in [6.45, 7) is 3.10. The SMILES string of the molecule is Cc1cc(C(=O)N2CCC(CCO)C2)ccc1[N+](=O)[O-]. The Hall–Kier alpha value is -1.95. The maximum Gasteiger partial charge on any atom is 0.272 e. The molecule has 0 aromatic heterocycles.